The van der Waals surface area contributed by atoms with E-state index in [0.717, 1.165) is 0 Å². The Morgan fingerprint density at radius 2 is 1.91 bits per heavy atom. The number of hydrogen-bond acceptors (Lipinski definition) is 1. The van der Waals surface area contributed by atoms with Gasteiger partial charge in [-0.2, -0.15) is 0 Å². The van der Waals surface area contributed by atoms with Crippen LogP contribution in [0.2, 0.25) is 0 Å². The maximum atomic E-state index is 12.1. The molecule has 11 heavy (non-hydrogen) atoms. The predicted molar refractivity (Wildman–Crippen MR) is 36.7 cm³/mol. The molecule has 0 heterocycles. The summed E-state index contributed by atoms with van der Waals surface area (Å²) in [6.45, 7) is 0. The topological polar surface area (TPSA) is 17.1 Å². The number of carbonyl (C=O) groups excluding carboxylic acids is 1. The van der Waals surface area contributed by atoms with Crippen LogP contribution in [0.1, 0.15) is 12.8 Å². The van der Waals surface area contributed by atoms with Crippen molar-refractivity contribution in [1.29, 1.82) is 0 Å². The zero-order valence-corrected chi connectivity index (χ0v) is 9.53. The molecule has 0 saturated heterocycles. The predicted octanol–water partition coefficient (Wildman–Crippen LogP) is -0.706. The summed E-state index contributed by atoms with van der Waals surface area (Å²) < 4.78 is 35.8. The van der Waals surface area contributed by atoms with E-state index in [4.69, 9.17) is 0 Å². The Kier molecular flexibility index (Phi) is 2.73. The van der Waals surface area contributed by atoms with Gasteiger partial charge in [0.25, 0.3) is 0 Å². The molecule has 0 amide bonds. The minimum absolute atomic E-state index is 0.0120. The van der Waals surface area contributed by atoms with E-state index >= 15 is 0 Å². The molecule has 0 aromatic rings. The first-order valence-electron chi connectivity index (χ1n) is 2.81. The normalized spacial score (nSPS) is 21.8. The van der Waals surface area contributed by atoms with E-state index in [-0.39, 0.29) is 12.8 Å². The van der Waals surface area contributed by atoms with Crippen molar-refractivity contribution in [3.05, 3.63) is 0 Å². The molecule has 1 fully saturated rings. The average Bonchev–Trinajstić information content (AvgIpc) is 2.63. The molecule has 0 spiro atoms. The van der Waals surface area contributed by atoms with E-state index in [2.05, 4.69) is 0 Å². The van der Waals surface area contributed by atoms with Crippen molar-refractivity contribution in [1.82, 2.24) is 0 Å². The van der Waals surface area contributed by atoms with Crippen LogP contribution < -0.4 is 17.2 Å². The second-order valence-corrected chi connectivity index (χ2v) is 6.55. The molecular weight excluding hydrogens is 387 g/mol. The summed E-state index contributed by atoms with van der Waals surface area (Å²) in [6.07, 6.45) is -4.27. The fourth-order valence-corrected chi connectivity index (χ4v) is 4.64. The van der Waals surface area contributed by atoms with Crippen molar-refractivity contribution in [2.75, 3.05) is 0 Å². The molecule has 1 saturated carbocycles. The summed E-state index contributed by atoms with van der Waals surface area (Å²) in [5, 5.41) is 0. The van der Waals surface area contributed by atoms with Crippen LogP contribution in [0.25, 0.3) is 0 Å². The Hall–Kier alpha value is 0.920. The van der Waals surface area contributed by atoms with Gasteiger partial charge < -0.3 is 0 Å². The van der Waals surface area contributed by atoms with Gasteiger partial charge in [0.15, 0.2) is 0 Å². The molecule has 1 aliphatic carbocycles. The van der Waals surface area contributed by atoms with E-state index in [1.165, 1.54) is 0 Å². The summed E-state index contributed by atoms with van der Waals surface area (Å²) in [7, 11) is 0. The van der Waals surface area contributed by atoms with Crippen LogP contribution in [0.3, 0.4) is 0 Å². The van der Waals surface area contributed by atoms with Crippen molar-refractivity contribution < 1.29 is 35.2 Å². The summed E-state index contributed by atoms with van der Waals surface area (Å²) in [5.41, 5.74) is -1.90. The number of halogens is 5. The Balaban J connectivity index is 2.76. The molecule has 0 aliphatic heterocycles. The van der Waals surface area contributed by atoms with E-state index in [1.807, 2.05) is 0 Å². The number of carbonyl (C=O) groups is 1. The van der Waals surface area contributed by atoms with E-state index in [1.54, 1.807) is 18.6 Å². The number of hydrogen-bond donors (Lipinski definition) is 0. The Morgan fingerprint density at radius 3 is 2.00 bits per heavy atom. The molecule has 6 heteroatoms. The number of rotatable bonds is 2. The summed E-state index contributed by atoms with van der Waals surface area (Å²) in [5.74, 6) is 0. The second kappa shape index (κ2) is 3.00. The van der Waals surface area contributed by atoms with Crippen LogP contribution in [0.15, 0.2) is 0 Å². The molecule has 0 atom stereocenters. The minimum atomic E-state index is -4.30. The van der Waals surface area contributed by atoms with E-state index < -0.39 is 32.6 Å². The number of alkyl halides is 3. The molecule has 0 bridgehead atoms. The van der Waals surface area contributed by atoms with Gasteiger partial charge in [-0.1, -0.05) is 0 Å². The zero-order chi connectivity index (χ0) is 8.70. The first-order valence-corrected chi connectivity index (χ1v) is 10.2. The zero-order valence-electron chi connectivity index (χ0n) is 5.21. The third-order valence-corrected chi connectivity index (χ3v) is 5.62. The van der Waals surface area contributed by atoms with Crippen LogP contribution in [0, 0.1) is 5.41 Å². The summed E-state index contributed by atoms with van der Waals surface area (Å²) >= 11 is 0.842. The van der Waals surface area contributed by atoms with Gasteiger partial charge in [-0.3, -0.25) is 0 Å². The maximum absolute atomic E-state index is 12.1. The van der Waals surface area contributed by atoms with Crippen molar-refractivity contribution in [3.63, 3.8) is 0 Å². The second-order valence-electron chi connectivity index (χ2n) is 2.42. The van der Waals surface area contributed by atoms with E-state index in [9.17, 15) is 18.0 Å². The molecule has 0 aromatic carbocycles. The standard InChI is InChI=1S/C5H4F3I2O/c6-5(7,8)4(1-2-4)3(11)10-9/h1-2H2/q-1. The molecule has 1 rings (SSSR count). The van der Waals surface area contributed by atoms with Gasteiger partial charge >= 0.3 is 82.0 Å². The van der Waals surface area contributed by atoms with Gasteiger partial charge in [-0.15, -0.1) is 0 Å². The molecular formula is C5H4F3I2O-. The van der Waals surface area contributed by atoms with Gasteiger partial charge in [-0.25, -0.2) is 0 Å². The van der Waals surface area contributed by atoms with Crippen LogP contribution in [0.5, 0.6) is 0 Å². The van der Waals surface area contributed by atoms with Crippen molar-refractivity contribution in [2.24, 2.45) is 5.41 Å². The Labute approximate surface area is 81.5 Å². The van der Waals surface area contributed by atoms with Crippen molar-refractivity contribution in [2.45, 2.75) is 19.0 Å². The molecule has 66 valence electrons. The van der Waals surface area contributed by atoms with Crippen LogP contribution >= 0.6 is 18.6 Å². The molecule has 0 aromatic heterocycles. The monoisotopic (exact) mass is 391 g/mol. The van der Waals surface area contributed by atoms with Crippen molar-refractivity contribution in [3.8, 4) is 0 Å². The van der Waals surface area contributed by atoms with Gasteiger partial charge in [0.05, 0.1) is 0 Å². The van der Waals surface area contributed by atoms with Gasteiger partial charge in [0.2, 0.25) is 0 Å². The third-order valence-electron chi connectivity index (χ3n) is 1.73. The van der Waals surface area contributed by atoms with Gasteiger partial charge in [0, 0.05) is 0 Å². The first kappa shape index (κ1) is 10.0. The van der Waals surface area contributed by atoms with Gasteiger partial charge in [0.1, 0.15) is 0 Å². The SMILES string of the molecule is O=C([I-]I)C1(C(F)(F)F)CC1. The molecule has 1 aliphatic rings. The molecule has 1 nitrogen and oxygen atoms in total. The third kappa shape index (κ3) is 1.65. The van der Waals surface area contributed by atoms with E-state index in [0.29, 0.717) is 0 Å². The first-order chi connectivity index (χ1) is 4.94. The van der Waals surface area contributed by atoms with Gasteiger partial charge in [-0.05, 0) is 0 Å². The van der Waals surface area contributed by atoms with Crippen LogP contribution in [-0.4, -0.2) is 9.97 Å². The Bertz CT molecular complexity index is 185. The fraction of sp³-hybridized carbons (Fsp3) is 0.800. The molecule has 0 N–H and O–H groups in total. The fourth-order valence-electron chi connectivity index (χ4n) is 0.785. The molecule has 0 unspecified atom stereocenters. The summed E-state index contributed by atoms with van der Waals surface area (Å²) in [6, 6.07) is 0. The van der Waals surface area contributed by atoms with Crippen LogP contribution in [-0.2, 0) is 4.79 Å². The summed E-state index contributed by atoms with van der Waals surface area (Å²) in [4.78, 5) is 10.9. The molecule has 0 radical (unpaired) electrons. The van der Waals surface area contributed by atoms with Crippen molar-refractivity contribution >= 4 is 22.4 Å². The quantitative estimate of drug-likeness (QED) is 0.450. The average molecular weight is 391 g/mol. The van der Waals surface area contributed by atoms with Crippen LogP contribution in [0.4, 0.5) is 13.2 Å². The Morgan fingerprint density at radius 1 is 1.45 bits per heavy atom.